The second-order valence-corrected chi connectivity index (χ2v) is 23.5. The molecule has 10 rings (SSSR count). The Morgan fingerprint density at radius 2 is 0.925 bits per heavy atom. The van der Waals surface area contributed by atoms with Crippen molar-refractivity contribution in [2.75, 3.05) is 0 Å². The molecule has 0 aliphatic heterocycles. The van der Waals surface area contributed by atoms with Crippen LogP contribution in [0.4, 0.5) is 39.5 Å². The van der Waals surface area contributed by atoms with E-state index in [-0.39, 0.29) is 51.2 Å². The minimum atomic E-state index is -1.09. The van der Waals surface area contributed by atoms with E-state index < -0.39 is 46.5 Å². The predicted octanol–water partition coefficient (Wildman–Crippen LogP) is 24.7. The Morgan fingerprint density at radius 3 is 1.44 bits per heavy atom. The highest BCUT2D eigenvalue weighted by molar-refractivity contribution is 5.73. The summed E-state index contributed by atoms with van der Waals surface area (Å²) in [5, 5.41) is 0. The summed E-state index contributed by atoms with van der Waals surface area (Å²) in [4.78, 5) is 0. The van der Waals surface area contributed by atoms with Crippen LogP contribution < -0.4 is 14.2 Å². The fourth-order valence-corrected chi connectivity index (χ4v) is 12.1. The van der Waals surface area contributed by atoms with Crippen LogP contribution in [0.5, 0.6) is 17.2 Å². The van der Waals surface area contributed by atoms with E-state index in [0.29, 0.717) is 50.8 Å². The summed E-state index contributed by atoms with van der Waals surface area (Å²) in [5.41, 5.74) is 6.14. The van der Waals surface area contributed by atoms with Gasteiger partial charge in [0, 0.05) is 27.8 Å². The van der Waals surface area contributed by atoms with Gasteiger partial charge >= 0.3 is 0 Å². The van der Waals surface area contributed by atoms with Crippen molar-refractivity contribution in [2.24, 2.45) is 11.8 Å². The number of unbranched alkanes of at least 4 members (excludes halogenated alkanes) is 2. The average Bonchev–Trinajstić information content (AvgIpc) is 0.900. The zero-order valence-electron chi connectivity index (χ0n) is 53.2. The van der Waals surface area contributed by atoms with Gasteiger partial charge in [-0.2, -0.15) is 13.2 Å². The van der Waals surface area contributed by atoms with Gasteiger partial charge in [-0.25, -0.2) is 26.3 Å². The average molecular weight is 1270 g/mol. The molecule has 2 aliphatic carbocycles. The minimum Gasteiger partial charge on any atom is -0.462 e. The van der Waals surface area contributed by atoms with Crippen molar-refractivity contribution in [1.29, 1.82) is 0 Å². The minimum absolute atomic E-state index is 0.0308. The molecule has 0 bridgehead atoms. The molecule has 0 aromatic heterocycles. The molecular weight excluding hydrogens is 1190 g/mol. The molecule has 484 valence electrons. The van der Waals surface area contributed by atoms with E-state index in [1.165, 1.54) is 93.9 Å². The first-order valence-corrected chi connectivity index (χ1v) is 32.2. The van der Waals surface area contributed by atoms with Crippen molar-refractivity contribution in [3.8, 4) is 73.6 Å². The Labute approximate surface area is 542 Å². The van der Waals surface area contributed by atoms with Crippen molar-refractivity contribution >= 4 is 6.08 Å². The van der Waals surface area contributed by atoms with Gasteiger partial charge in [-0.05, 0) is 188 Å². The molecule has 0 amide bonds. The van der Waals surface area contributed by atoms with Gasteiger partial charge in [-0.15, -0.1) is 0 Å². The Kier molecular flexibility index (Phi) is 26.0. The Bertz CT molecular complexity index is 3920. The maximum absolute atomic E-state index is 15.2. The maximum atomic E-state index is 15.2. The van der Waals surface area contributed by atoms with E-state index in [2.05, 4.69) is 44.9 Å². The number of rotatable bonds is 20. The summed E-state index contributed by atoms with van der Waals surface area (Å²) in [6, 6.07) is 37.7. The molecule has 93 heavy (non-hydrogen) atoms. The highest BCUT2D eigenvalue weighted by Crippen LogP contribution is 2.42. The van der Waals surface area contributed by atoms with Crippen LogP contribution >= 0.6 is 0 Å². The Hall–Kier alpha value is -8.95. The number of hydrogen-bond acceptors (Lipinski definition) is 3. The van der Waals surface area contributed by atoms with Crippen LogP contribution in [0.25, 0.3) is 50.6 Å². The molecule has 0 saturated heterocycles. The molecule has 2 aliphatic rings. The zero-order chi connectivity index (χ0) is 66.4. The largest absolute Gasteiger partial charge is 0.462 e. The van der Waals surface area contributed by atoms with E-state index in [1.54, 1.807) is 104 Å². The van der Waals surface area contributed by atoms with Crippen molar-refractivity contribution in [2.45, 2.75) is 136 Å². The molecule has 12 heteroatoms. The standard InChI is InChI=1S/C33H37F3O.C30H30F4O.C18H12F2O/c1-3-5-7-8-23-9-11-24(12-10-23)27-17-18-28(30(34)22-27)25-13-15-26(16-14-25)29-19-20-31(33(36)32(29)35)37-21-6-4-2;1-3-5-19-6-8-20(9-7-19)23-14-15-24(28(32)27(23)31)21-10-12-22(13-11-21)25-16-17-26(35-18-4-2)30(34)29(25)33;1-3-13-5-7-14(8-6-13)9-10-15-11-12-16(21-4-2)18(20)17(15)19/h6,13-24H,3-5,7-12H2,1-2H3;4,10-20H,3,5-9H2,1-2H3;3-8,11-12H,1-2H2/b21-6-;18-4-;. The lowest BCUT2D eigenvalue weighted by molar-refractivity contribution is 0.302. The molecule has 0 unspecified atom stereocenters. The predicted molar refractivity (Wildman–Crippen MR) is 358 cm³/mol. The van der Waals surface area contributed by atoms with Gasteiger partial charge in [-0.1, -0.05) is 181 Å². The van der Waals surface area contributed by atoms with Gasteiger partial charge in [0.05, 0.1) is 24.3 Å². The van der Waals surface area contributed by atoms with Crippen molar-refractivity contribution in [3.63, 3.8) is 0 Å². The zero-order valence-corrected chi connectivity index (χ0v) is 53.2. The smallest absolute Gasteiger partial charge is 0.202 e. The van der Waals surface area contributed by atoms with Crippen molar-refractivity contribution in [1.82, 2.24) is 0 Å². The lowest BCUT2D eigenvalue weighted by atomic mass is 9.77. The lowest BCUT2D eigenvalue weighted by Crippen LogP contribution is -2.14. The fraction of sp³-hybridized carbons (Fsp3) is 0.284. The molecule has 0 spiro atoms. The van der Waals surface area contributed by atoms with Crippen LogP contribution in [0.2, 0.25) is 0 Å². The van der Waals surface area contributed by atoms with Gasteiger partial charge in [0.1, 0.15) is 5.82 Å². The number of benzene rings is 8. The fourth-order valence-electron chi connectivity index (χ4n) is 12.1. The second-order valence-electron chi connectivity index (χ2n) is 23.5. The number of allylic oxidation sites excluding steroid dienone is 2. The monoisotopic (exact) mass is 1270 g/mol. The first kappa shape index (κ1) is 69.9. The quantitative estimate of drug-likeness (QED) is 0.0329. The molecule has 8 aromatic carbocycles. The van der Waals surface area contributed by atoms with Gasteiger partial charge < -0.3 is 14.2 Å². The van der Waals surface area contributed by atoms with Crippen LogP contribution in [0, 0.1) is 76.0 Å². The van der Waals surface area contributed by atoms with Crippen molar-refractivity contribution in [3.05, 3.63) is 264 Å². The number of ether oxygens (including phenoxy) is 3. The van der Waals surface area contributed by atoms with Gasteiger partial charge in [0.25, 0.3) is 0 Å². The molecule has 3 nitrogen and oxygen atoms in total. The van der Waals surface area contributed by atoms with Gasteiger partial charge in [-0.3, -0.25) is 0 Å². The van der Waals surface area contributed by atoms with Crippen LogP contribution in [0.1, 0.15) is 164 Å². The van der Waals surface area contributed by atoms with Gasteiger partial charge in [0.2, 0.25) is 17.5 Å². The summed E-state index contributed by atoms with van der Waals surface area (Å²) >= 11 is 0. The maximum Gasteiger partial charge on any atom is 0.202 e. The third-order valence-corrected chi connectivity index (χ3v) is 17.3. The Balaban J connectivity index is 0.000000186. The molecule has 0 N–H and O–H groups in total. The van der Waals surface area contributed by atoms with Crippen LogP contribution in [-0.4, -0.2) is 0 Å². The first-order valence-electron chi connectivity index (χ1n) is 32.2. The molecular formula is C81H79F9O3. The van der Waals surface area contributed by atoms with E-state index in [4.69, 9.17) is 14.2 Å². The summed E-state index contributed by atoms with van der Waals surface area (Å²) in [6.07, 6.45) is 25.6. The number of hydrogen-bond donors (Lipinski definition) is 0. The molecule has 0 heterocycles. The van der Waals surface area contributed by atoms with E-state index in [1.807, 2.05) is 25.1 Å². The summed E-state index contributed by atoms with van der Waals surface area (Å²) in [7, 11) is 0. The second kappa shape index (κ2) is 34.6. The Morgan fingerprint density at radius 1 is 0.441 bits per heavy atom. The number of halogens is 9. The highest BCUT2D eigenvalue weighted by atomic mass is 19.2. The summed E-state index contributed by atoms with van der Waals surface area (Å²) in [5.74, 6) is -1.33. The molecule has 0 atom stereocenters. The van der Waals surface area contributed by atoms with Crippen molar-refractivity contribution < 1.29 is 53.7 Å². The third kappa shape index (κ3) is 18.2. The molecule has 8 aromatic rings. The normalized spacial score (nSPS) is 16.1. The van der Waals surface area contributed by atoms with Crippen LogP contribution in [0.3, 0.4) is 0 Å². The molecule has 2 saturated carbocycles. The van der Waals surface area contributed by atoms with Crippen LogP contribution in [0.15, 0.2) is 184 Å². The topological polar surface area (TPSA) is 27.7 Å². The van der Waals surface area contributed by atoms with Gasteiger partial charge in [0.15, 0.2) is 46.3 Å². The van der Waals surface area contributed by atoms with E-state index >= 15 is 13.2 Å². The van der Waals surface area contributed by atoms with E-state index in [0.717, 1.165) is 74.7 Å². The molecule has 2 fully saturated rings. The SMILES string of the molecule is C/C=C\Oc1ccc(-c2ccc(-c3ccc(C4CCC(CCC)CC4)c(F)c3F)cc2)c(F)c1F.C=COc1ccc(C#Cc2ccc(C=C)cc2)c(F)c1F.CC/C=C\Oc1ccc(-c2ccc(-c3ccc(C4CCC(CCCCC)CC4)cc3F)cc2)c(F)c1F. The first-order chi connectivity index (χ1) is 45.1. The highest BCUT2D eigenvalue weighted by Gasteiger charge is 2.28. The van der Waals surface area contributed by atoms with E-state index in [9.17, 15) is 26.3 Å². The lowest BCUT2D eigenvalue weighted by Gasteiger charge is -2.29. The summed E-state index contributed by atoms with van der Waals surface area (Å²) in [6.45, 7) is 15.0. The van der Waals surface area contributed by atoms with Crippen LogP contribution in [-0.2, 0) is 0 Å². The third-order valence-electron chi connectivity index (χ3n) is 17.3. The molecule has 0 radical (unpaired) electrons. The summed E-state index contributed by atoms with van der Waals surface area (Å²) < 4.78 is 146.